The third kappa shape index (κ3) is 4.31. The van der Waals surface area contributed by atoms with E-state index >= 15 is 0 Å². The molecule has 0 radical (unpaired) electrons. The Bertz CT molecular complexity index is 1490. The number of rotatable bonds is 5. The smallest absolute Gasteiger partial charge is 0.276 e. The fourth-order valence-electron chi connectivity index (χ4n) is 4.36. The van der Waals surface area contributed by atoms with Gasteiger partial charge in [-0.15, -0.1) is 0 Å². The molecule has 9 nitrogen and oxygen atoms in total. The van der Waals surface area contributed by atoms with Gasteiger partial charge in [0, 0.05) is 6.21 Å². The van der Waals surface area contributed by atoms with Gasteiger partial charge in [0.2, 0.25) is 5.91 Å². The van der Waals surface area contributed by atoms with Gasteiger partial charge in [-0.2, -0.15) is 0 Å². The first-order chi connectivity index (χ1) is 17.7. The van der Waals surface area contributed by atoms with Crippen molar-refractivity contribution in [3.8, 4) is 0 Å². The molecule has 0 bridgehead atoms. The number of nitrogens with one attached hydrogen (secondary N) is 1. The summed E-state index contributed by atoms with van der Waals surface area (Å²) in [5.41, 5.74) is 3.91. The van der Waals surface area contributed by atoms with Crippen LogP contribution in [0.2, 0.25) is 0 Å². The van der Waals surface area contributed by atoms with Crippen molar-refractivity contribution in [3.05, 3.63) is 94.5 Å². The summed E-state index contributed by atoms with van der Waals surface area (Å²) in [6.07, 6.45) is 1.20. The first-order valence-electron chi connectivity index (χ1n) is 11.6. The molecule has 1 atom stereocenters. The van der Waals surface area contributed by atoms with Crippen LogP contribution in [0.4, 0.5) is 16.2 Å². The quantitative estimate of drug-likeness (QED) is 0.330. The molecule has 0 aromatic heterocycles. The molecule has 1 N–H and O–H groups in total. The molecule has 5 rings (SSSR count). The monoisotopic (exact) mass is 494 g/mol. The molecular formula is C28H22N4O5. The van der Waals surface area contributed by atoms with Gasteiger partial charge in [-0.3, -0.25) is 34.4 Å². The van der Waals surface area contributed by atoms with Crippen LogP contribution < -0.4 is 10.2 Å². The lowest BCUT2D eigenvalue weighted by atomic mass is 10.0. The Morgan fingerprint density at radius 1 is 0.865 bits per heavy atom. The summed E-state index contributed by atoms with van der Waals surface area (Å²) in [5, 5.41) is 2.21. The summed E-state index contributed by atoms with van der Waals surface area (Å²) < 4.78 is 0. The van der Waals surface area contributed by atoms with Crippen molar-refractivity contribution in [2.24, 2.45) is 10.9 Å². The van der Waals surface area contributed by atoms with Gasteiger partial charge >= 0.3 is 6.03 Å². The van der Waals surface area contributed by atoms with Crippen molar-refractivity contribution in [2.75, 3.05) is 4.90 Å². The number of aliphatic imine (C=N–C) groups is 1. The van der Waals surface area contributed by atoms with E-state index in [4.69, 9.17) is 0 Å². The predicted octanol–water partition coefficient (Wildman–Crippen LogP) is 3.70. The largest absolute Gasteiger partial charge is 0.335 e. The van der Waals surface area contributed by atoms with E-state index < -0.39 is 23.8 Å². The van der Waals surface area contributed by atoms with E-state index in [1.807, 2.05) is 19.9 Å². The number of nitrogens with zero attached hydrogens (tertiary/aromatic N) is 3. The molecule has 0 spiro atoms. The molecule has 184 valence electrons. The SMILES string of the molecule is Cc1cccc(N2C(=O)NC(=O)C(C=Nc3ccc(C)c(CN4C(=O)c5ccccc5C4=O)c3)C2=O)c1. The Kier molecular flexibility index (Phi) is 5.96. The Balaban J connectivity index is 1.38. The third-order valence-electron chi connectivity index (χ3n) is 6.37. The average molecular weight is 495 g/mol. The number of hydrogen-bond acceptors (Lipinski definition) is 6. The number of fused-ring (bicyclic) bond motifs is 1. The van der Waals surface area contributed by atoms with Crippen LogP contribution in [0.15, 0.2) is 71.7 Å². The molecule has 3 aromatic carbocycles. The Hall–Kier alpha value is -4.92. The Morgan fingerprint density at radius 3 is 2.24 bits per heavy atom. The molecule has 2 aliphatic rings. The maximum atomic E-state index is 13.1. The van der Waals surface area contributed by atoms with Crippen LogP contribution in [0, 0.1) is 19.8 Å². The van der Waals surface area contributed by atoms with E-state index in [0.29, 0.717) is 28.1 Å². The van der Waals surface area contributed by atoms with Crippen LogP contribution in [0.3, 0.4) is 0 Å². The van der Waals surface area contributed by atoms with Gasteiger partial charge in [-0.25, -0.2) is 9.69 Å². The number of aryl methyl sites for hydroxylation is 2. The van der Waals surface area contributed by atoms with Crippen LogP contribution >= 0.6 is 0 Å². The zero-order valence-electron chi connectivity index (χ0n) is 20.1. The maximum absolute atomic E-state index is 13.1. The highest BCUT2D eigenvalue weighted by atomic mass is 16.2. The van der Waals surface area contributed by atoms with Crippen LogP contribution in [-0.4, -0.2) is 40.8 Å². The molecule has 1 unspecified atom stereocenters. The summed E-state index contributed by atoms with van der Waals surface area (Å²) in [5.74, 6) is -3.50. The second-order valence-electron chi connectivity index (χ2n) is 8.92. The number of carbonyl (C=O) groups excluding carboxylic acids is 5. The zero-order valence-corrected chi connectivity index (χ0v) is 20.1. The second kappa shape index (κ2) is 9.27. The van der Waals surface area contributed by atoms with Crippen molar-refractivity contribution in [3.63, 3.8) is 0 Å². The fraction of sp³-hybridized carbons (Fsp3) is 0.143. The molecule has 6 amide bonds. The Labute approximate surface area is 212 Å². The van der Waals surface area contributed by atoms with E-state index in [-0.39, 0.29) is 18.4 Å². The summed E-state index contributed by atoms with van der Waals surface area (Å²) in [7, 11) is 0. The number of imide groups is 3. The second-order valence-corrected chi connectivity index (χ2v) is 8.92. The van der Waals surface area contributed by atoms with E-state index in [1.54, 1.807) is 60.7 Å². The number of amides is 6. The molecule has 1 saturated heterocycles. The van der Waals surface area contributed by atoms with E-state index in [1.165, 1.54) is 11.1 Å². The highest BCUT2D eigenvalue weighted by Crippen LogP contribution is 2.27. The van der Waals surface area contributed by atoms with Crippen molar-refractivity contribution in [1.29, 1.82) is 0 Å². The normalized spacial score (nSPS) is 17.6. The van der Waals surface area contributed by atoms with Crippen molar-refractivity contribution in [2.45, 2.75) is 20.4 Å². The average Bonchev–Trinajstić information content (AvgIpc) is 3.10. The zero-order chi connectivity index (χ0) is 26.3. The minimum Gasteiger partial charge on any atom is -0.276 e. The summed E-state index contributed by atoms with van der Waals surface area (Å²) in [6, 6.07) is 17.9. The van der Waals surface area contributed by atoms with Crippen LogP contribution in [0.5, 0.6) is 0 Å². The minimum absolute atomic E-state index is 0.0556. The lowest BCUT2D eigenvalue weighted by molar-refractivity contribution is -0.131. The number of barbiturate groups is 1. The van der Waals surface area contributed by atoms with Gasteiger partial charge < -0.3 is 0 Å². The lowest BCUT2D eigenvalue weighted by Crippen LogP contribution is -2.58. The molecule has 2 heterocycles. The van der Waals surface area contributed by atoms with Crippen LogP contribution in [0.25, 0.3) is 0 Å². The molecule has 9 heteroatoms. The standard InChI is InChI=1S/C28H22N4O5/c1-16-6-5-7-20(12-16)32-27(36)23(24(33)30-28(32)37)14-29-19-11-10-17(2)18(13-19)15-31-25(34)21-8-3-4-9-22(21)26(31)35/h3-14,23H,15H2,1-2H3,(H,30,33,37). The van der Waals surface area contributed by atoms with Crippen LogP contribution in [-0.2, 0) is 16.1 Å². The van der Waals surface area contributed by atoms with Gasteiger partial charge in [0.05, 0.1) is 29.0 Å². The fourth-order valence-corrected chi connectivity index (χ4v) is 4.36. The number of benzene rings is 3. The number of anilines is 1. The van der Waals surface area contributed by atoms with E-state index in [9.17, 15) is 24.0 Å². The molecule has 37 heavy (non-hydrogen) atoms. The predicted molar refractivity (Wildman–Crippen MR) is 136 cm³/mol. The first-order valence-corrected chi connectivity index (χ1v) is 11.6. The topological polar surface area (TPSA) is 116 Å². The third-order valence-corrected chi connectivity index (χ3v) is 6.37. The molecule has 0 aliphatic carbocycles. The number of hydrogen-bond donors (Lipinski definition) is 1. The molecular weight excluding hydrogens is 472 g/mol. The van der Waals surface area contributed by atoms with Gasteiger partial charge in [0.1, 0.15) is 0 Å². The first kappa shape index (κ1) is 23.8. The lowest BCUT2D eigenvalue weighted by Gasteiger charge is -2.28. The van der Waals surface area contributed by atoms with Gasteiger partial charge in [-0.1, -0.05) is 30.3 Å². The number of carbonyl (C=O) groups is 5. The van der Waals surface area contributed by atoms with Gasteiger partial charge in [-0.05, 0) is 66.9 Å². The molecule has 2 aliphatic heterocycles. The Morgan fingerprint density at radius 2 is 1.57 bits per heavy atom. The summed E-state index contributed by atoms with van der Waals surface area (Å²) in [6.45, 7) is 3.74. The number of urea groups is 1. The highest BCUT2D eigenvalue weighted by molar-refractivity contribution is 6.32. The van der Waals surface area contributed by atoms with Crippen LogP contribution in [0.1, 0.15) is 37.4 Å². The van der Waals surface area contributed by atoms with E-state index in [0.717, 1.165) is 16.0 Å². The van der Waals surface area contributed by atoms with Crippen molar-refractivity contribution < 1.29 is 24.0 Å². The minimum atomic E-state index is -1.31. The molecule has 0 saturated carbocycles. The molecule has 3 aromatic rings. The van der Waals surface area contributed by atoms with Gasteiger partial charge in [0.25, 0.3) is 17.7 Å². The summed E-state index contributed by atoms with van der Waals surface area (Å²) in [4.78, 5) is 69.9. The maximum Gasteiger partial charge on any atom is 0.335 e. The van der Waals surface area contributed by atoms with E-state index in [2.05, 4.69) is 10.3 Å². The van der Waals surface area contributed by atoms with Gasteiger partial charge in [0.15, 0.2) is 5.92 Å². The molecule has 1 fully saturated rings. The highest BCUT2D eigenvalue weighted by Gasteiger charge is 2.40. The summed E-state index contributed by atoms with van der Waals surface area (Å²) >= 11 is 0. The van der Waals surface area contributed by atoms with Crippen molar-refractivity contribution >= 4 is 47.2 Å². The van der Waals surface area contributed by atoms with Crippen molar-refractivity contribution in [1.82, 2.24) is 10.2 Å².